The van der Waals surface area contributed by atoms with Gasteiger partial charge in [0, 0.05) is 0 Å². The van der Waals surface area contributed by atoms with Crippen LogP contribution in [-0.2, 0) is 4.84 Å². The van der Waals surface area contributed by atoms with Crippen molar-refractivity contribution in [3.05, 3.63) is 12.3 Å². The van der Waals surface area contributed by atoms with Crippen LogP contribution < -0.4 is 5.90 Å². The van der Waals surface area contributed by atoms with E-state index in [1.54, 1.807) is 0 Å². The first-order valence-electron chi connectivity index (χ1n) is 4.87. The minimum absolute atomic E-state index is 1.01. The summed E-state index contributed by atoms with van der Waals surface area (Å²) in [6.45, 7) is 2.22. The van der Waals surface area contributed by atoms with Gasteiger partial charge in [-0.3, -0.25) is 0 Å². The van der Waals surface area contributed by atoms with Crippen molar-refractivity contribution < 1.29 is 4.84 Å². The molecule has 0 aromatic rings. The van der Waals surface area contributed by atoms with Crippen LogP contribution >= 0.6 is 0 Å². The average molecular weight is 169 g/mol. The molecule has 70 valence electrons. The quantitative estimate of drug-likeness (QED) is 0.312. The standard InChI is InChI=1S/C10H19NO/c1-2-3-4-5-6-7-8-9-10-12-11/h9-10H,2-8H2,1H3/b10-9+. The van der Waals surface area contributed by atoms with Gasteiger partial charge in [0.1, 0.15) is 12.2 Å². The summed E-state index contributed by atoms with van der Waals surface area (Å²) < 4.78 is 0. The van der Waals surface area contributed by atoms with Gasteiger partial charge in [-0.2, -0.15) is 0 Å². The van der Waals surface area contributed by atoms with Gasteiger partial charge in [-0.05, 0) is 18.9 Å². The Hall–Kier alpha value is -0.500. The zero-order chi connectivity index (χ0) is 9.07. The number of unbranched alkanes of at least 4 members (excludes halogenated alkanes) is 6. The molecule has 2 radical (unpaired) electrons. The molecule has 0 aromatic heterocycles. The fraction of sp³-hybridized carbons (Fsp3) is 0.800. The maximum absolute atomic E-state index is 7.95. The molecule has 0 bridgehead atoms. The van der Waals surface area contributed by atoms with Crippen molar-refractivity contribution >= 4 is 0 Å². The third-order valence-corrected chi connectivity index (χ3v) is 1.88. The molecule has 0 unspecified atom stereocenters. The molecule has 0 N–H and O–H groups in total. The van der Waals surface area contributed by atoms with E-state index in [1.165, 1.54) is 44.8 Å². The van der Waals surface area contributed by atoms with Crippen molar-refractivity contribution in [1.29, 1.82) is 0 Å². The molecule has 0 rings (SSSR count). The molecule has 0 atom stereocenters. The molecule has 0 aliphatic carbocycles. The molecule has 0 saturated carbocycles. The van der Waals surface area contributed by atoms with Gasteiger partial charge in [0.15, 0.2) is 0 Å². The van der Waals surface area contributed by atoms with E-state index in [4.69, 9.17) is 5.90 Å². The number of nitrogens with zero attached hydrogens (tertiary/aromatic N) is 1. The Balaban J connectivity index is 2.86. The second kappa shape index (κ2) is 10.5. The van der Waals surface area contributed by atoms with E-state index in [2.05, 4.69) is 11.8 Å². The van der Waals surface area contributed by atoms with Crippen LogP contribution in [0.3, 0.4) is 0 Å². The first kappa shape index (κ1) is 11.5. The molecule has 2 nitrogen and oxygen atoms in total. The summed E-state index contributed by atoms with van der Waals surface area (Å²) in [6, 6.07) is 0. The smallest absolute Gasteiger partial charge is 0.111 e. The van der Waals surface area contributed by atoms with Gasteiger partial charge in [-0.1, -0.05) is 39.0 Å². The molecule has 12 heavy (non-hydrogen) atoms. The van der Waals surface area contributed by atoms with Gasteiger partial charge >= 0.3 is 0 Å². The monoisotopic (exact) mass is 169 g/mol. The minimum atomic E-state index is 1.01. The molecular formula is C10H19NO. The predicted molar refractivity (Wildman–Crippen MR) is 50.4 cm³/mol. The van der Waals surface area contributed by atoms with Gasteiger partial charge in [0.05, 0.1) is 0 Å². The molecule has 0 spiro atoms. The van der Waals surface area contributed by atoms with Crippen LogP contribution in [0.1, 0.15) is 51.9 Å². The topological polar surface area (TPSA) is 31.5 Å². The predicted octanol–water partition coefficient (Wildman–Crippen LogP) is 3.25. The van der Waals surface area contributed by atoms with Gasteiger partial charge in [0.2, 0.25) is 0 Å². The molecular weight excluding hydrogens is 150 g/mol. The van der Waals surface area contributed by atoms with Crippen molar-refractivity contribution in [2.45, 2.75) is 51.9 Å². The Morgan fingerprint density at radius 3 is 2.42 bits per heavy atom. The van der Waals surface area contributed by atoms with Gasteiger partial charge in [-0.15, -0.1) is 0 Å². The Morgan fingerprint density at radius 1 is 1.08 bits per heavy atom. The van der Waals surface area contributed by atoms with Crippen LogP contribution in [0.4, 0.5) is 0 Å². The Labute approximate surface area is 75.7 Å². The van der Waals surface area contributed by atoms with Crippen molar-refractivity contribution in [2.24, 2.45) is 0 Å². The van der Waals surface area contributed by atoms with Gasteiger partial charge in [-0.25, -0.2) is 0 Å². The summed E-state index contributed by atoms with van der Waals surface area (Å²) in [4.78, 5) is 3.81. The van der Waals surface area contributed by atoms with Crippen molar-refractivity contribution in [3.63, 3.8) is 0 Å². The van der Waals surface area contributed by atoms with Gasteiger partial charge in [0.25, 0.3) is 0 Å². The second-order valence-electron chi connectivity index (χ2n) is 3.03. The molecule has 0 aliphatic heterocycles. The largest absolute Gasteiger partial charge is 0.376 e. The zero-order valence-electron chi connectivity index (χ0n) is 7.96. The molecule has 0 amide bonds. The Morgan fingerprint density at radius 2 is 1.75 bits per heavy atom. The first-order chi connectivity index (χ1) is 5.91. The highest BCUT2D eigenvalue weighted by atomic mass is 16.6. The van der Waals surface area contributed by atoms with E-state index in [0.29, 0.717) is 0 Å². The fourth-order valence-corrected chi connectivity index (χ4v) is 1.15. The summed E-state index contributed by atoms with van der Waals surface area (Å²) in [5.41, 5.74) is 0. The third kappa shape index (κ3) is 9.50. The van der Waals surface area contributed by atoms with Crippen LogP contribution in [0.2, 0.25) is 0 Å². The molecule has 0 saturated heterocycles. The maximum Gasteiger partial charge on any atom is 0.111 e. The number of hydrogen-bond donors (Lipinski definition) is 0. The van der Waals surface area contributed by atoms with E-state index in [1.807, 2.05) is 6.08 Å². The highest BCUT2D eigenvalue weighted by molar-refractivity contribution is 4.71. The van der Waals surface area contributed by atoms with Crippen molar-refractivity contribution in [2.75, 3.05) is 0 Å². The number of hydrogen-bond acceptors (Lipinski definition) is 1. The van der Waals surface area contributed by atoms with Gasteiger partial charge < -0.3 is 4.84 Å². The maximum atomic E-state index is 7.95. The Kier molecular flexibility index (Phi) is 10.1. The number of allylic oxidation sites excluding steroid dienone is 1. The molecule has 2 heteroatoms. The first-order valence-corrected chi connectivity index (χ1v) is 4.87. The lowest BCUT2D eigenvalue weighted by Gasteiger charge is -1.96. The van der Waals surface area contributed by atoms with Crippen LogP contribution in [0.5, 0.6) is 0 Å². The van der Waals surface area contributed by atoms with E-state index < -0.39 is 0 Å². The van der Waals surface area contributed by atoms with Crippen LogP contribution in [-0.4, -0.2) is 0 Å². The van der Waals surface area contributed by atoms with Crippen LogP contribution in [0, 0.1) is 0 Å². The summed E-state index contributed by atoms with van der Waals surface area (Å²) in [7, 11) is 0. The molecule has 0 aromatic carbocycles. The van der Waals surface area contributed by atoms with Crippen molar-refractivity contribution in [3.8, 4) is 0 Å². The average Bonchev–Trinajstić information content (AvgIpc) is 2.10. The highest BCUT2D eigenvalue weighted by Gasteiger charge is 1.87. The zero-order valence-corrected chi connectivity index (χ0v) is 7.96. The van der Waals surface area contributed by atoms with E-state index in [9.17, 15) is 0 Å². The lowest BCUT2D eigenvalue weighted by molar-refractivity contribution is 0.235. The Bertz CT molecular complexity index is 102. The van der Waals surface area contributed by atoms with E-state index in [-0.39, 0.29) is 0 Å². The third-order valence-electron chi connectivity index (χ3n) is 1.88. The summed E-state index contributed by atoms with van der Waals surface area (Å²) in [5, 5.41) is 0. The lowest BCUT2D eigenvalue weighted by Crippen LogP contribution is -1.78. The summed E-state index contributed by atoms with van der Waals surface area (Å²) >= 11 is 0. The molecule has 0 fully saturated rings. The SMILES string of the molecule is CCCCCCCC/C=C/O[N]. The number of rotatable bonds is 8. The van der Waals surface area contributed by atoms with Crippen molar-refractivity contribution in [1.82, 2.24) is 5.90 Å². The van der Waals surface area contributed by atoms with Crippen LogP contribution in [0.25, 0.3) is 0 Å². The fourth-order valence-electron chi connectivity index (χ4n) is 1.15. The lowest BCUT2D eigenvalue weighted by atomic mass is 10.1. The van der Waals surface area contributed by atoms with E-state index in [0.717, 1.165) is 6.42 Å². The van der Waals surface area contributed by atoms with E-state index >= 15 is 0 Å². The summed E-state index contributed by atoms with van der Waals surface area (Å²) in [5.74, 6) is 7.95. The normalized spacial score (nSPS) is 10.8. The molecule has 0 aliphatic rings. The minimum Gasteiger partial charge on any atom is -0.376 e. The molecule has 0 heterocycles. The summed E-state index contributed by atoms with van der Waals surface area (Å²) in [6.07, 6.45) is 12.0. The second-order valence-corrected chi connectivity index (χ2v) is 3.03. The highest BCUT2D eigenvalue weighted by Crippen LogP contribution is 2.06. The van der Waals surface area contributed by atoms with Crippen LogP contribution in [0.15, 0.2) is 12.3 Å².